The minimum Gasteiger partial charge on any atom is -0.492 e. The first-order valence-corrected chi connectivity index (χ1v) is 5.99. The van der Waals surface area contributed by atoms with Crippen LogP contribution in [-0.4, -0.2) is 19.2 Å². The Morgan fingerprint density at radius 2 is 2.06 bits per heavy atom. The van der Waals surface area contributed by atoms with Crippen molar-refractivity contribution in [2.75, 3.05) is 13.2 Å². The van der Waals surface area contributed by atoms with E-state index in [1.165, 1.54) is 5.56 Å². The maximum atomic E-state index is 5.74. The summed E-state index contributed by atoms with van der Waals surface area (Å²) in [5.74, 6) is 1.05. The van der Waals surface area contributed by atoms with Crippen molar-refractivity contribution in [1.29, 1.82) is 0 Å². The number of hydrogen-bond acceptors (Lipinski definition) is 2. The molecular weight excluding hydrogens is 198 g/mol. The largest absolute Gasteiger partial charge is 0.492 e. The van der Waals surface area contributed by atoms with E-state index in [1.807, 2.05) is 6.07 Å². The standard InChI is InChI=1S/C14H21NO/c1-14(2,3)10-15-12-8-11-6-4-5-7-13(11)16-9-12/h4-7,12,15H,8-10H2,1-3H3/t12-/m0/s1. The van der Waals surface area contributed by atoms with Crippen molar-refractivity contribution in [3.05, 3.63) is 29.8 Å². The van der Waals surface area contributed by atoms with E-state index in [-0.39, 0.29) is 0 Å². The van der Waals surface area contributed by atoms with Gasteiger partial charge in [0.25, 0.3) is 0 Å². The van der Waals surface area contributed by atoms with Crippen LogP contribution in [0, 0.1) is 5.41 Å². The number of para-hydroxylation sites is 1. The van der Waals surface area contributed by atoms with Gasteiger partial charge < -0.3 is 10.1 Å². The van der Waals surface area contributed by atoms with E-state index in [2.05, 4.69) is 44.3 Å². The second-order valence-electron chi connectivity index (χ2n) is 5.76. The summed E-state index contributed by atoms with van der Waals surface area (Å²) in [6.07, 6.45) is 1.08. The highest BCUT2D eigenvalue weighted by molar-refractivity contribution is 5.35. The van der Waals surface area contributed by atoms with E-state index in [0.717, 1.165) is 25.3 Å². The molecule has 2 nitrogen and oxygen atoms in total. The molecule has 1 aliphatic rings. The minimum atomic E-state index is 0.330. The van der Waals surface area contributed by atoms with Crippen LogP contribution in [-0.2, 0) is 6.42 Å². The number of nitrogens with one attached hydrogen (secondary N) is 1. The molecule has 1 heterocycles. The van der Waals surface area contributed by atoms with Crippen molar-refractivity contribution in [1.82, 2.24) is 5.32 Å². The van der Waals surface area contributed by atoms with Crippen LogP contribution in [0.2, 0.25) is 0 Å². The Morgan fingerprint density at radius 1 is 1.31 bits per heavy atom. The molecule has 0 amide bonds. The Hall–Kier alpha value is -1.02. The van der Waals surface area contributed by atoms with E-state index >= 15 is 0 Å². The molecule has 1 N–H and O–H groups in total. The Kier molecular flexibility index (Phi) is 3.20. The van der Waals surface area contributed by atoms with Gasteiger partial charge in [0.2, 0.25) is 0 Å². The molecule has 16 heavy (non-hydrogen) atoms. The maximum absolute atomic E-state index is 5.74. The smallest absolute Gasteiger partial charge is 0.122 e. The zero-order valence-electron chi connectivity index (χ0n) is 10.4. The third-order valence-electron chi connectivity index (χ3n) is 2.80. The van der Waals surface area contributed by atoms with Gasteiger partial charge in [-0.3, -0.25) is 0 Å². The Bertz CT molecular complexity index is 354. The van der Waals surface area contributed by atoms with E-state index in [4.69, 9.17) is 4.74 Å². The second-order valence-corrected chi connectivity index (χ2v) is 5.76. The topological polar surface area (TPSA) is 21.3 Å². The highest BCUT2D eigenvalue weighted by Gasteiger charge is 2.20. The first-order chi connectivity index (χ1) is 7.54. The zero-order chi connectivity index (χ0) is 11.6. The lowest BCUT2D eigenvalue weighted by Gasteiger charge is -2.29. The highest BCUT2D eigenvalue weighted by atomic mass is 16.5. The van der Waals surface area contributed by atoms with Gasteiger partial charge >= 0.3 is 0 Å². The number of benzene rings is 1. The van der Waals surface area contributed by atoms with Crippen LogP contribution in [0.25, 0.3) is 0 Å². The summed E-state index contributed by atoms with van der Waals surface area (Å²) in [5, 5.41) is 3.58. The predicted molar refractivity (Wildman–Crippen MR) is 66.9 cm³/mol. The molecule has 0 aromatic heterocycles. The summed E-state index contributed by atoms with van der Waals surface area (Å²) >= 11 is 0. The SMILES string of the molecule is CC(C)(C)CN[C@@H]1COc2ccccc2C1. The van der Waals surface area contributed by atoms with E-state index in [1.54, 1.807) is 0 Å². The Balaban J connectivity index is 1.93. The van der Waals surface area contributed by atoms with Crippen molar-refractivity contribution < 1.29 is 4.74 Å². The first-order valence-electron chi connectivity index (χ1n) is 5.99. The Labute approximate surface area is 98.0 Å². The molecule has 2 rings (SSSR count). The molecule has 0 saturated carbocycles. The van der Waals surface area contributed by atoms with Gasteiger partial charge in [0, 0.05) is 12.6 Å². The summed E-state index contributed by atoms with van der Waals surface area (Å²) in [5.41, 5.74) is 1.65. The fourth-order valence-corrected chi connectivity index (χ4v) is 1.91. The van der Waals surface area contributed by atoms with Gasteiger partial charge in [-0.05, 0) is 23.5 Å². The monoisotopic (exact) mass is 219 g/mol. The lowest BCUT2D eigenvalue weighted by atomic mass is 9.95. The highest BCUT2D eigenvalue weighted by Crippen LogP contribution is 2.24. The van der Waals surface area contributed by atoms with Crippen LogP contribution in [0.1, 0.15) is 26.3 Å². The molecule has 0 bridgehead atoms. The summed E-state index contributed by atoms with van der Waals surface area (Å²) in [4.78, 5) is 0. The van der Waals surface area contributed by atoms with E-state index in [9.17, 15) is 0 Å². The number of ether oxygens (including phenoxy) is 1. The van der Waals surface area contributed by atoms with E-state index < -0.39 is 0 Å². The summed E-state index contributed by atoms with van der Waals surface area (Å²) in [7, 11) is 0. The van der Waals surface area contributed by atoms with Gasteiger partial charge in [-0.2, -0.15) is 0 Å². The quantitative estimate of drug-likeness (QED) is 0.825. The average Bonchev–Trinajstić information content (AvgIpc) is 2.25. The van der Waals surface area contributed by atoms with Gasteiger partial charge in [-0.15, -0.1) is 0 Å². The molecule has 1 aromatic rings. The first kappa shape index (κ1) is 11.5. The Morgan fingerprint density at radius 3 is 2.81 bits per heavy atom. The third kappa shape index (κ3) is 2.99. The number of fused-ring (bicyclic) bond motifs is 1. The van der Waals surface area contributed by atoms with Crippen LogP contribution in [0.3, 0.4) is 0 Å². The van der Waals surface area contributed by atoms with Gasteiger partial charge in [-0.1, -0.05) is 39.0 Å². The molecule has 0 saturated heterocycles. The van der Waals surface area contributed by atoms with Crippen LogP contribution in [0.4, 0.5) is 0 Å². The van der Waals surface area contributed by atoms with Gasteiger partial charge in [0.15, 0.2) is 0 Å². The van der Waals surface area contributed by atoms with Gasteiger partial charge in [0.1, 0.15) is 12.4 Å². The molecule has 88 valence electrons. The molecule has 0 unspecified atom stereocenters. The van der Waals surface area contributed by atoms with Gasteiger partial charge in [0.05, 0.1) is 0 Å². The molecule has 0 aliphatic carbocycles. The average molecular weight is 219 g/mol. The normalized spacial score (nSPS) is 20.1. The fraction of sp³-hybridized carbons (Fsp3) is 0.571. The lowest BCUT2D eigenvalue weighted by molar-refractivity contribution is 0.224. The fourth-order valence-electron chi connectivity index (χ4n) is 1.91. The lowest BCUT2D eigenvalue weighted by Crippen LogP contribution is -2.42. The van der Waals surface area contributed by atoms with Crippen LogP contribution in [0.15, 0.2) is 24.3 Å². The maximum Gasteiger partial charge on any atom is 0.122 e. The second kappa shape index (κ2) is 4.46. The van der Waals surface area contributed by atoms with Crippen molar-refractivity contribution in [2.45, 2.75) is 33.2 Å². The van der Waals surface area contributed by atoms with Crippen molar-refractivity contribution in [3.8, 4) is 5.75 Å². The predicted octanol–water partition coefficient (Wildman–Crippen LogP) is 2.63. The van der Waals surface area contributed by atoms with Crippen LogP contribution >= 0.6 is 0 Å². The van der Waals surface area contributed by atoms with Crippen molar-refractivity contribution in [2.24, 2.45) is 5.41 Å². The molecule has 0 fully saturated rings. The summed E-state index contributed by atoms with van der Waals surface area (Å²) in [6, 6.07) is 8.76. The van der Waals surface area contributed by atoms with E-state index in [0.29, 0.717) is 11.5 Å². The van der Waals surface area contributed by atoms with Gasteiger partial charge in [-0.25, -0.2) is 0 Å². The molecule has 0 spiro atoms. The van der Waals surface area contributed by atoms with Crippen LogP contribution in [0.5, 0.6) is 5.75 Å². The van der Waals surface area contributed by atoms with Crippen molar-refractivity contribution >= 4 is 0 Å². The zero-order valence-corrected chi connectivity index (χ0v) is 10.4. The minimum absolute atomic E-state index is 0.330. The number of rotatable bonds is 2. The summed E-state index contributed by atoms with van der Waals surface area (Å²) < 4.78 is 5.74. The summed E-state index contributed by atoms with van der Waals surface area (Å²) in [6.45, 7) is 8.56. The van der Waals surface area contributed by atoms with Crippen molar-refractivity contribution in [3.63, 3.8) is 0 Å². The van der Waals surface area contributed by atoms with Crippen LogP contribution < -0.4 is 10.1 Å². The molecular formula is C14H21NO. The third-order valence-corrected chi connectivity index (χ3v) is 2.80. The molecule has 0 radical (unpaired) electrons. The molecule has 1 atom stereocenters. The molecule has 2 heteroatoms. The number of hydrogen-bond donors (Lipinski definition) is 1. The molecule has 1 aliphatic heterocycles. The molecule has 1 aromatic carbocycles.